The summed E-state index contributed by atoms with van der Waals surface area (Å²) < 4.78 is 0. The topological polar surface area (TPSA) is 3.24 Å². The quantitative estimate of drug-likeness (QED) is 0.434. The summed E-state index contributed by atoms with van der Waals surface area (Å²) in [6.45, 7) is 5.25. The predicted octanol–water partition coefficient (Wildman–Crippen LogP) is 2.52. The summed E-state index contributed by atoms with van der Waals surface area (Å²) in [5.74, 6) is 2.66. The minimum absolute atomic E-state index is 0.632. The van der Waals surface area contributed by atoms with E-state index in [0.717, 1.165) is 6.54 Å². The van der Waals surface area contributed by atoms with Gasteiger partial charge in [0.25, 0.3) is 0 Å². The molecule has 0 aromatic carbocycles. The van der Waals surface area contributed by atoms with E-state index >= 15 is 0 Å². The predicted molar refractivity (Wildman–Crippen MR) is 55.1 cm³/mol. The van der Waals surface area contributed by atoms with Crippen molar-refractivity contribution in [3.8, 4) is 12.3 Å². The van der Waals surface area contributed by atoms with Crippen LogP contribution in [0.15, 0.2) is 0 Å². The molecule has 0 saturated heterocycles. The number of nitrogens with zero attached hydrogens (tertiary/aromatic N) is 1. The SMILES string of the molecule is C#CCN(C)[C@H](C)CCCCC. The first-order valence-electron chi connectivity index (χ1n) is 4.86. The van der Waals surface area contributed by atoms with Gasteiger partial charge in [-0.05, 0) is 20.4 Å². The second-order valence-electron chi connectivity index (χ2n) is 3.46. The highest BCUT2D eigenvalue weighted by Gasteiger charge is 2.05. The smallest absolute Gasteiger partial charge is 0.0598 e. The molecule has 0 rings (SSSR count). The fourth-order valence-electron chi connectivity index (χ4n) is 1.21. The zero-order valence-corrected chi connectivity index (χ0v) is 8.64. The number of rotatable bonds is 6. The Kier molecular flexibility index (Phi) is 6.90. The number of unbranched alkanes of at least 4 members (excludes halogenated alkanes) is 2. The van der Waals surface area contributed by atoms with Gasteiger partial charge < -0.3 is 0 Å². The first kappa shape index (κ1) is 11.5. The van der Waals surface area contributed by atoms with Crippen LogP contribution in [0.4, 0.5) is 0 Å². The maximum absolute atomic E-state index is 5.23. The molecule has 0 bridgehead atoms. The van der Waals surface area contributed by atoms with E-state index in [2.05, 4.69) is 31.7 Å². The van der Waals surface area contributed by atoms with Gasteiger partial charge in [-0.15, -0.1) is 6.42 Å². The van der Waals surface area contributed by atoms with Crippen molar-refractivity contribution in [1.82, 2.24) is 4.90 Å². The average Bonchev–Trinajstić information content (AvgIpc) is 2.05. The van der Waals surface area contributed by atoms with Crippen LogP contribution in [0, 0.1) is 12.3 Å². The van der Waals surface area contributed by atoms with Crippen molar-refractivity contribution in [2.45, 2.75) is 45.6 Å². The molecule has 0 aromatic heterocycles. The third-order valence-corrected chi connectivity index (χ3v) is 2.32. The monoisotopic (exact) mass is 167 g/mol. The van der Waals surface area contributed by atoms with Crippen LogP contribution in [0.5, 0.6) is 0 Å². The molecule has 0 aliphatic heterocycles. The van der Waals surface area contributed by atoms with Crippen LogP contribution in [0.3, 0.4) is 0 Å². The Bertz CT molecular complexity index is 134. The second kappa shape index (κ2) is 7.18. The highest BCUT2D eigenvalue weighted by molar-refractivity contribution is 4.88. The van der Waals surface area contributed by atoms with Crippen LogP contribution in [0.2, 0.25) is 0 Å². The van der Waals surface area contributed by atoms with E-state index in [1.54, 1.807) is 0 Å². The Morgan fingerprint density at radius 1 is 1.42 bits per heavy atom. The lowest BCUT2D eigenvalue weighted by molar-refractivity contribution is 0.269. The van der Waals surface area contributed by atoms with E-state index in [1.165, 1.54) is 25.7 Å². The highest BCUT2D eigenvalue weighted by Crippen LogP contribution is 2.07. The van der Waals surface area contributed by atoms with Crippen LogP contribution in [-0.2, 0) is 0 Å². The van der Waals surface area contributed by atoms with Crippen LogP contribution < -0.4 is 0 Å². The molecule has 0 amide bonds. The molecule has 0 aliphatic rings. The van der Waals surface area contributed by atoms with Crippen molar-refractivity contribution in [2.75, 3.05) is 13.6 Å². The highest BCUT2D eigenvalue weighted by atomic mass is 15.1. The van der Waals surface area contributed by atoms with Crippen molar-refractivity contribution >= 4 is 0 Å². The average molecular weight is 167 g/mol. The molecule has 0 saturated carbocycles. The van der Waals surface area contributed by atoms with E-state index in [4.69, 9.17) is 6.42 Å². The number of hydrogen-bond donors (Lipinski definition) is 0. The maximum atomic E-state index is 5.23. The van der Waals surface area contributed by atoms with Crippen molar-refractivity contribution in [3.05, 3.63) is 0 Å². The Labute approximate surface area is 77.1 Å². The van der Waals surface area contributed by atoms with Gasteiger partial charge in [0.15, 0.2) is 0 Å². The summed E-state index contributed by atoms with van der Waals surface area (Å²) >= 11 is 0. The van der Waals surface area contributed by atoms with Gasteiger partial charge >= 0.3 is 0 Å². The minimum atomic E-state index is 0.632. The maximum Gasteiger partial charge on any atom is 0.0598 e. The lowest BCUT2D eigenvalue weighted by atomic mass is 10.1. The molecule has 1 heteroatoms. The van der Waals surface area contributed by atoms with E-state index in [1.807, 2.05) is 0 Å². The fraction of sp³-hybridized carbons (Fsp3) is 0.818. The van der Waals surface area contributed by atoms with E-state index in [-0.39, 0.29) is 0 Å². The molecule has 0 radical (unpaired) electrons. The van der Waals surface area contributed by atoms with Crippen molar-refractivity contribution in [3.63, 3.8) is 0 Å². The van der Waals surface area contributed by atoms with Crippen LogP contribution in [0.25, 0.3) is 0 Å². The summed E-state index contributed by atoms with van der Waals surface area (Å²) in [6.07, 6.45) is 10.5. The van der Waals surface area contributed by atoms with E-state index < -0.39 is 0 Å². The van der Waals surface area contributed by atoms with Crippen LogP contribution in [-0.4, -0.2) is 24.5 Å². The summed E-state index contributed by atoms with van der Waals surface area (Å²) in [6, 6.07) is 0.632. The standard InChI is InChI=1S/C11H21N/c1-5-7-8-9-11(3)12(4)10-6-2/h2,11H,5,7-10H2,1,3-4H3/t11-/m1/s1. The molecular weight excluding hydrogens is 146 g/mol. The first-order valence-corrected chi connectivity index (χ1v) is 4.86. The van der Waals surface area contributed by atoms with Gasteiger partial charge in [-0.3, -0.25) is 4.90 Å². The third-order valence-electron chi connectivity index (χ3n) is 2.32. The van der Waals surface area contributed by atoms with Crippen molar-refractivity contribution in [2.24, 2.45) is 0 Å². The molecule has 70 valence electrons. The summed E-state index contributed by atoms with van der Waals surface area (Å²) in [4.78, 5) is 2.23. The Balaban J connectivity index is 3.43. The lowest BCUT2D eigenvalue weighted by Gasteiger charge is -2.22. The Morgan fingerprint density at radius 2 is 2.08 bits per heavy atom. The second-order valence-corrected chi connectivity index (χ2v) is 3.46. The molecule has 1 atom stereocenters. The van der Waals surface area contributed by atoms with Gasteiger partial charge in [-0.1, -0.05) is 32.1 Å². The zero-order chi connectivity index (χ0) is 9.40. The van der Waals surface area contributed by atoms with E-state index in [0.29, 0.717) is 6.04 Å². The molecule has 0 N–H and O–H groups in total. The van der Waals surface area contributed by atoms with Gasteiger partial charge in [-0.2, -0.15) is 0 Å². The molecule has 0 aromatic rings. The van der Waals surface area contributed by atoms with Crippen molar-refractivity contribution < 1.29 is 0 Å². The normalized spacial score (nSPS) is 12.9. The van der Waals surface area contributed by atoms with Gasteiger partial charge in [0.1, 0.15) is 0 Å². The zero-order valence-electron chi connectivity index (χ0n) is 8.64. The summed E-state index contributed by atoms with van der Waals surface area (Å²) in [7, 11) is 2.09. The minimum Gasteiger partial charge on any atom is -0.293 e. The summed E-state index contributed by atoms with van der Waals surface area (Å²) in [5, 5.41) is 0. The Morgan fingerprint density at radius 3 is 2.58 bits per heavy atom. The van der Waals surface area contributed by atoms with Gasteiger partial charge in [-0.25, -0.2) is 0 Å². The van der Waals surface area contributed by atoms with Crippen LogP contribution in [0.1, 0.15) is 39.5 Å². The van der Waals surface area contributed by atoms with E-state index in [9.17, 15) is 0 Å². The van der Waals surface area contributed by atoms with Gasteiger partial charge in [0, 0.05) is 6.04 Å². The third kappa shape index (κ3) is 5.21. The molecule has 0 spiro atoms. The first-order chi connectivity index (χ1) is 5.72. The number of terminal acetylenes is 1. The van der Waals surface area contributed by atoms with Crippen LogP contribution >= 0.6 is 0 Å². The summed E-state index contributed by atoms with van der Waals surface area (Å²) in [5.41, 5.74) is 0. The lowest BCUT2D eigenvalue weighted by Crippen LogP contribution is -2.29. The van der Waals surface area contributed by atoms with Crippen molar-refractivity contribution in [1.29, 1.82) is 0 Å². The molecule has 0 unspecified atom stereocenters. The fourth-order valence-corrected chi connectivity index (χ4v) is 1.21. The molecule has 12 heavy (non-hydrogen) atoms. The number of hydrogen-bond acceptors (Lipinski definition) is 1. The molecule has 1 nitrogen and oxygen atoms in total. The molecule has 0 heterocycles. The molecule has 0 aliphatic carbocycles. The molecule has 0 fully saturated rings. The van der Waals surface area contributed by atoms with Gasteiger partial charge in [0.2, 0.25) is 0 Å². The largest absolute Gasteiger partial charge is 0.293 e. The van der Waals surface area contributed by atoms with Gasteiger partial charge in [0.05, 0.1) is 6.54 Å². The Hall–Kier alpha value is -0.480. The molecular formula is C11H21N.